The first kappa shape index (κ1) is 19.1. The van der Waals surface area contributed by atoms with E-state index in [1.54, 1.807) is 13.4 Å². The Morgan fingerprint density at radius 3 is 2.48 bits per heavy atom. The number of ether oxygens (including phenoxy) is 1. The van der Waals surface area contributed by atoms with Gasteiger partial charge in [0.25, 0.3) is 0 Å². The number of anilines is 4. The van der Waals surface area contributed by atoms with Crippen LogP contribution in [0.4, 0.5) is 23.0 Å². The van der Waals surface area contributed by atoms with E-state index in [9.17, 15) is 0 Å². The second kappa shape index (κ2) is 9.28. The van der Waals surface area contributed by atoms with Gasteiger partial charge in [-0.1, -0.05) is 18.2 Å². The standard InChI is InChI=1S/C23H27N5O/c1-29-21-8-4-3-7-18(21)16-24-22-15-23(26-17-25-22)27-19-9-11-20(12-10-19)28-13-5-2-6-14-28/h3-4,7-12,15,17H,2,5-6,13-14,16H2,1H3,(H2,24,25,26,27). The minimum atomic E-state index is 0.630. The van der Waals surface area contributed by atoms with Gasteiger partial charge in [0, 0.05) is 42.6 Å². The Kier molecular flexibility index (Phi) is 6.10. The first-order valence-corrected chi connectivity index (χ1v) is 10.1. The average Bonchev–Trinajstić information content (AvgIpc) is 2.79. The number of piperidine rings is 1. The fourth-order valence-corrected chi connectivity index (χ4v) is 3.61. The number of methoxy groups -OCH3 is 1. The normalized spacial score (nSPS) is 13.8. The van der Waals surface area contributed by atoms with Crippen LogP contribution in [0.1, 0.15) is 24.8 Å². The van der Waals surface area contributed by atoms with Crippen LogP contribution in [-0.4, -0.2) is 30.2 Å². The zero-order chi connectivity index (χ0) is 19.9. The molecule has 1 aliphatic heterocycles. The SMILES string of the molecule is COc1ccccc1CNc1cc(Nc2ccc(N3CCCCC3)cc2)ncn1. The number of aromatic nitrogens is 2. The third-order valence-corrected chi connectivity index (χ3v) is 5.18. The van der Waals surface area contributed by atoms with E-state index < -0.39 is 0 Å². The predicted octanol–water partition coefficient (Wildman–Crippen LogP) is 4.83. The molecule has 6 heteroatoms. The number of rotatable bonds is 7. The summed E-state index contributed by atoms with van der Waals surface area (Å²) < 4.78 is 5.40. The minimum absolute atomic E-state index is 0.630. The molecular weight excluding hydrogens is 362 g/mol. The van der Waals surface area contributed by atoms with Crippen LogP contribution in [0.3, 0.4) is 0 Å². The number of hydrogen-bond acceptors (Lipinski definition) is 6. The van der Waals surface area contributed by atoms with Gasteiger partial charge in [-0.05, 0) is 49.6 Å². The molecule has 1 aromatic heterocycles. The maximum Gasteiger partial charge on any atom is 0.135 e. The predicted molar refractivity (Wildman–Crippen MR) is 118 cm³/mol. The van der Waals surface area contributed by atoms with Crippen LogP contribution in [0.25, 0.3) is 0 Å². The van der Waals surface area contributed by atoms with Crippen LogP contribution >= 0.6 is 0 Å². The molecule has 29 heavy (non-hydrogen) atoms. The summed E-state index contributed by atoms with van der Waals surface area (Å²) in [6.45, 7) is 2.94. The van der Waals surface area contributed by atoms with Crippen LogP contribution in [-0.2, 0) is 6.54 Å². The van der Waals surface area contributed by atoms with E-state index in [2.05, 4.69) is 49.8 Å². The van der Waals surface area contributed by atoms with Gasteiger partial charge in [0.2, 0.25) is 0 Å². The van der Waals surface area contributed by atoms with Gasteiger partial charge in [0.15, 0.2) is 0 Å². The molecule has 1 fully saturated rings. The summed E-state index contributed by atoms with van der Waals surface area (Å²) in [6.07, 6.45) is 5.48. The summed E-state index contributed by atoms with van der Waals surface area (Å²) in [5.41, 5.74) is 3.38. The van der Waals surface area contributed by atoms with Gasteiger partial charge >= 0.3 is 0 Å². The lowest BCUT2D eigenvalue weighted by molar-refractivity contribution is 0.410. The van der Waals surface area contributed by atoms with Crippen molar-refractivity contribution < 1.29 is 4.74 Å². The fourth-order valence-electron chi connectivity index (χ4n) is 3.61. The summed E-state index contributed by atoms with van der Waals surface area (Å²) in [6, 6.07) is 18.4. The van der Waals surface area contributed by atoms with Crippen LogP contribution in [0.15, 0.2) is 60.9 Å². The third kappa shape index (κ3) is 4.96. The number of nitrogens with one attached hydrogen (secondary N) is 2. The molecule has 0 saturated carbocycles. The van der Waals surface area contributed by atoms with E-state index in [0.29, 0.717) is 6.54 Å². The van der Waals surface area contributed by atoms with Gasteiger partial charge in [-0.3, -0.25) is 0 Å². The zero-order valence-corrected chi connectivity index (χ0v) is 16.8. The van der Waals surface area contributed by atoms with E-state index >= 15 is 0 Å². The zero-order valence-electron chi connectivity index (χ0n) is 16.8. The molecule has 2 heterocycles. The van der Waals surface area contributed by atoms with E-state index in [1.807, 2.05) is 30.3 Å². The molecule has 4 rings (SSSR count). The quantitative estimate of drug-likeness (QED) is 0.603. The van der Waals surface area contributed by atoms with Crippen molar-refractivity contribution in [3.63, 3.8) is 0 Å². The van der Waals surface area contributed by atoms with Gasteiger partial charge in [-0.2, -0.15) is 0 Å². The highest BCUT2D eigenvalue weighted by Crippen LogP contribution is 2.24. The Balaban J connectivity index is 1.38. The lowest BCUT2D eigenvalue weighted by Crippen LogP contribution is -2.29. The highest BCUT2D eigenvalue weighted by molar-refractivity contribution is 5.62. The largest absolute Gasteiger partial charge is 0.496 e. The molecule has 0 radical (unpaired) electrons. The number of benzene rings is 2. The molecule has 0 atom stereocenters. The van der Waals surface area contributed by atoms with Crippen molar-refractivity contribution in [3.8, 4) is 5.75 Å². The Morgan fingerprint density at radius 1 is 0.931 bits per heavy atom. The van der Waals surface area contributed by atoms with E-state index in [4.69, 9.17) is 4.74 Å². The maximum absolute atomic E-state index is 5.40. The monoisotopic (exact) mass is 389 g/mol. The van der Waals surface area contributed by atoms with Gasteiger partial charge in [-0.25, -0.2) is 9.97 Å². The summed E-state index contributed by atoms with van der Waals surface area (Å²) in [4.78, 5) is 11.1. The van der Waals surface area contributed by atoms with Crippen molar-refractivity contribution in [1.82, 2.24) is 9.97 Å². The average molecular weight is 390 g/mol. The van der Waals surface area contributed by atoms with Crippen LogP contribution in [0, 0.1) is 0 Å². The number of hydrogen-bond donors (Lipinski definition) is 2. The van der Waals surface area contributed by atoms with Crippen molar-refractivity contribution in [2.45, 2.75) is 25.8 Å². The highest BCUT2D eigenvalue weighted by Gasteiger charge is 2.10. The Labute approximate surface area is 172 Å². The van der Waals surface area contributed by atoms with Crippen LogP contribution in [0.5, 0.6) is 5.75 Å². The van der Waals surface area contributed by atoms with E-state index in [1.165, 1.54) is 24.9 Å². The minimum Gasteiger partial charge on any atom is -0.496 e. The summed E-state index contributed by atoms with van der Waals surface area (Å²) in [5.74, 6) is 2.38. The molecule has 0 amide bonds. The third-order valence-electron chi connectivity index (χ3n) is 5.18. The van der Waals surface area contributed by atoms with E-state index in [-0.39, 0.29) is 0 Å². The lowest BCUT2D eigenvalue weighted by atomic mass is 10.1. The van der Waals surface area contributed by atoms with Gasteiger partial charge in [0.05, 0.1) is 7.11 Å². The molecule has 2 N–H and O–H groups in total. The molecule has 0 bridgehead atoms. The Morgan fingerprint density at radius 2 is 1.69 bits per heavy atom. The smallest absolute Gasteiger partial charge is 0.135 e. The highest BCUT2D eigenvalue weighted by atomic mass is 16.5. The first-order chi connectivity index (χ1) is 14.3. The molecule has 1 saturated heterocycles. The van der Waals surface area contributed by atoms with Crippen molar-refractivity contribution in [3.05, 3.63) is 66.5 Å². The molecule has 1 aliphatic rings. The van der Waals surface area contributed by atoms with Crippen molar-refractivity contribution in [1.29, 1.82) is 0 Å². The number of nitrogens with zero attached hydrogens (tertiary/aromatic N) is 3. The molecule has 150 valence electrons. The summed E-state index contributed by atoms with van der Waals surface area (Å²) in [7, 11) is 1.68. The Hall–Kier alpha value is -3.28. The molecule has 0 unspecified atom stereocenters. The molecular formula is C23H27N5O. The number of para-hydroxylation sites is 1. The van der Waals surface area contributed by atoms with Gasteiger partial charge < -0.3 is 20.3 Å². The second-order valence-corrected chi connectivity index (χ2v) is 7.17. The topological polar surface area (TPSA) is 62.3 Å². The molecule has 6 nitrogen and oxygen atoms in total. The van der Waals surface area contributed by atoms with Crippen molar-refractivity contribution >= 4 is 23.0 Å². The summed E-state index contributed by atoms with van der Waals surface area (Å²) >= 11 is 0. The lowest BCUT2D eigenvalue weighted by Gasteiger charge is -2.28. The maximum atomic E-state index is 5.40. The van der Waals surface area contributed by atoms with Gasteiger partial charge in [-0.15, -0.1) is 0 Å². The van der Waals surface area contributed by atoms with Crippen LogP contribution in [0.2, 0.25) is 0 Å². The Bertz CT molecular complexity index is 923. The van der Waals surface area contributed by atoms with Crippen LogP contribution < -0.4 is 20.3 Å². The molecule has 0 spiro atoms. The first-order valence-electron chi connectivity index (χ1n) is 10.1. The summed E-state index contributed by atoms with van der Waals surface area (Å²) in [5, 5.41) is 6.70. The molecule has 3 aromatic rings. The van der Waals surface area contributed by atoms with Crippen molar-refractivity contribution in [2.75, 3.05) is 35.7 Å². The van der Waals surface area contributed by atoms with Crippen molar-refractivity contribution in [2.24, 2.45) is 0 Å². The van der Waals surface area contributed by atoms with Gasteiger partial charge in [0.1, 0.15) is 23.7 Å². The fraction of sp³-hybridized carbons (Fsp3) is 0.304. The molecule has 0 aliphatic carbocycles. The second-order valence-electron chi connectivity index (χ2n) is 7.17. The molecule has 2 aromatic carbocycles. The van der Waals surface area contributed by atoms with E-state index in [0.717, 1.165) is 41.7 Å².